The van der Waals surface area contributed by atoms with Crippen LogP contribution >= 0.6 is 36.2 Å². The van der Waals surface area contributed by atoms with Crippen LogP contribution in [0, 0.1) is 6.92 Å². The lowest BCUT2D eigenvalue weighted by atomic mass is 10.1. The van der Waals surface area contributed by atoms with Gasteiger partial charge in [-0.3, -0.25) is 14.9 Å². The zero-order valence-corrected chi connectivity index (χ0v) is 16.7. The van der Waals surface area contributed by atoms with E-state index < -0.39 is 0 Å². The normalized spacial score (nSPS) is 16.4. The van der Waals surface area contributed by atoms with Crippen LogP contribution < -0.4 is 11.1 Å². The number of furan rings is 1. The van der Waals surface area contributed by atoms with E-state index in [4.69, 9.17) is 10.2 Å². The molecule has 0 saturated carbocycles. The lowest BCUT2D eigenvalue weighted by Gasteiger charge is -2.30. The smallest absolute Gasteiger partial charge is 0.260 e. The average molecular weight is 421 g/mol. The van der Waals surface area contributed by atoms with Gasteiger partial charge in [-0.1, -0.05) is 0 Å². The number of hydrogen-bond donors (Lipinski definition) is 2. The van der Waals surface area contributed by atoms with Crippen LogP contribution in [0.4, 0.5) is 5.13 Å². The van der Waals surface area contributed by atoms with Crippen LogP contribution in [-0.2, 0) is 11.2 Å². The van der Waals surface area contributed by atoms with Gasteiger partial charge in [0.15, 0.2) is 5.13 Å². The van der Waals surface area contributed by atoms with E-state index >= 15 is 0 Å². The van der Waals surface area contributed by atoms with Gasteiger partial charge in [-0.2, -0.15) is 0 Å². The van der Waals surface area contributed by atoms with Crippen molar-refractivity contribution in [1.29, 1.82) is 0 Å². The van der Waals surface area contributed by atoms with Crippen molar-refractivity contribution in [3.63, 3.8) is 0 Å². The number of amides is 2. The molecule has 1 saturated heterocycles. The first-order valence-corrected chi connectivity index (χ1v) is 8.74. The van der Waals surface area contributed by atoms with E-state index in [2.05, 4.69) is 10.3 Å². The third-order valence-corrected chi connectivity index (χ3v) is 4.83. The summed E-state index contributed by atoms with van der Waals surface area (Å²) in [6, 6.07) is 1.67. The maximum Gasteiger partial charge on any atom is 0.260 e. The van der Waals surface area contributed by atoms with Crippen molar-refractivity contribution in [2.45, 2.75) is 32.2 Å². The van der Waals surface area contributed by atoms with Crippen molar-refractivity contribution in [3.05, 3.63) is 34.7 Å². The number of hydrogen-bond acceptors (Lipinski definition) is 6. The van der Waals surface area contributed by atoms with Crippen molar-refractivity contribution >= 4 is 53.1 Å². The maximum absolute atomic E-state index is 12.3. The van der Waals surface area contributed by atoms with Crippen LogP contribution in [0.15, 0.2) is 22.1 Å². The molecule has 0 spiro atoms. The molecule has 2 aromatic heterocycles. The highest BCUT2D eigenvalue weighted by molar-refractivity contribution is 7.14. The number of likely N-dealkylation sites (tertiary alicyclic amines) is 1. The number of carbonyl (C=O) groups excluding carboxylic acids is 2. The summed E-state index contributed by atoms with van der Waals surface area (Å²) in [5, 5.41) is 4.99. The van der Waals surface area contributed by atoms with E-state index in [1.165, 1.54) is 17.6 Å². The first kappa shape index (κ1) is 22.4. The third kappa shape index (κ3) is 5.44. The summed E-state index contributed by atoms with van der Waals surface area (Å²) in [6.45, 7) is 3.08. The fourth-order valence-corrected chi connectivity index (χ4v) is 3.44. The number of nitrogens with zero attached hydrogens (tertiary/aromatic N) is 2. The van der Waals surface area contributed by atoms with Gasteiger partial charge in [0.05, 0.1) is 23.9 Å². The van der Waals surface area contributed by atoms with Crippen molar-refractivity contribution < 1.29 is 14.0 Å². The van der Waals surface area contributed by atoms with Crippen LogP contribution in [0.2, 0.25) is 0 Å². The second kappa shape index (κ2) is 9.91. The van der Waals surface area contributed by atoms with E-state index in [1.54, 1.807) is 23.3 Å². The van der Waals surface area contributed by atoms with Gasteiger partial charge in [0.2, 0.25) is 5.91 Å². The predicted octanol–water partition coefficient (Wildman–Crippen LogP) is 2.63. The Morgan fingerprint density at radius 3 is 2.88 bits per heavy atom. The SMILES string of the molecule is Cc1occc1C(=O)Nc1nc(CC(=O)N2CCCC(N)C2)cs1.Cl.Cl. The van der Waals surface area contributed by atoms with Crippen LogP contribution in [0.25, 0.3) is 0 Å². The molecular formula is C16H22Cl2N4O3S. The molecule has 1 atom stereocenters. The highest BCUT2D eigenvalue weighted by Crippen LogP contribution is 2.19. The van der Waals surface area contributed by atoms with Crippen molar-refractivity contribution in [3.8, 4) is 0 Å². The lowest BCUT2D eigenvalue weighted by molar-refractivity contribution is -0.131. The Balaban J connectivity index is 0.00000169. The molecule has 7 nitrogen and oxygen atoms in total. The number of aryl methyl sites for hydroxylation is 1. The largest absolute Gasteiger partial charge is 0.469 e. The van der Waals surface area contributed by atoms with E-state index in [0.29, 0.717) is 28.7 Å². The molecular weight excluding hydrogens is 399 g/mol. The molecule has 10 heteroatoms. The summed E-state index contributed by atoms with van der Waals surface area (Å²) in [4.78, 5) is 30.5. The Bertz CT molecular complexity index is 749. The Kier molecular flexibility index (Phi) is 8.55. The maximum atomic E-state index is 12.3. The summed E-state index contributed by atoms with van der Waals surface area (Å²) in [5.74, 6) is 0.315. The zero-order chi connectivity index (χ0) is 17.1. The number of nitrogens with one attached hydrogen (secondary N) is 1. The predicted molar refractivity (Wildman–Crippen MR) is 106 cm³/mol. The molecule has 1 fully saturated rings. The van der Waals surface area contributed by atoms with Gasteiger partial charge < -0.3 is 15.1 Å². The molecule has 3 rings (SSSR count). The average Bonchev–Trinajstić information content (AvgIpc) is 3.16. The van der Waals surface area contributed by atoms with E-state index in [1.807, 2.05) is 0 Å². The minimum atomic E-state index is -0.268. The molecule has 3 N–H and O–H groups in total. The Labute approximate surface area is 168 Å². The minimum absolute atomic E-state index is 0. The first-order chi connectivity index (χ1) is 11.5. The van der Waals surface area contributed by atoms with Gasteiger partial charge in [0.25, 0.3) is 5.91 Å². The van der Waals surface area contributed by atoms with Crippen LogP contribution in [0.5, 0.6) is 0 Å². The van der Waals surface area contributed by atoms with Gasteiger partial charge in [-0.15, -0.1) is 36.2 Å². The van der Waals surface area contributed by atoms with Gasteiger partial charge in [0.1, 0.15) is 5.76 Å². The van der Waals surface area contributed by atoms with Crippen molar-refractivity contribution in [2.24, 2.45) is 5.73 Å². The molecule has 0 aromatic carbocycles. The van der Waals surface area contributed by atoms with Gasteiger partial charge >= 0.3 is 0 Å². The first-order valence-electron chi connectivity index (χ1n) is 7.86. The molecule has 1 aliphatic rings. The number of halogens is 2. The van der Waals surface area contributed by atoms with Crippen molar-refractivity contribution in [2.75, 3.05) is 18.4 Å². The molecule has 0 bridgehead atoms. The Morgan fingerprint density at radius 2 is 2.23 bits per heavy atom. The number of anilines is 1. The molecule has 144 valence electrons. The Hall–Kier alpha value is -1.61. The third-order valence-electron chi connectivity index (χ3n) is 4.02. The van der Waals surface area contributed by atoms with E-state index in [0.717, 1.165) is 19.4 Å². The number of piperidine rings is 1. The summed E-state index contributed by atoms with van der Waals surface area (Å²) in [7, 11) is 0. The number of nitrogens with two attached hydrogens (primary N) is 1. The monoisotopic (exact) mass is 420 g/mol. The van der Waals surface area contributed by atoms with E-state index in [-0.39, 0.29) is 49.1 Å². The van der Waals surface area contributed by atoms with Gasteiger partial charge in [0, 0.05) is 24.5 Å². The van der Waals surface area contributed by atoms with Crippen LogP contribution in [0.3, 0.4) is 0 Å². The summed E-state index contributed by atoms with van der Waals surface area (Å²) < 4.78 is 5.12. The number of aromatic nitrogens is 1. The highest BCUT2D eigenvalue weighted by atomic mass is 35.5. The van der Waals surface area contributed by atoms with Crippen LogP contribution in [0.1, 0.15) is 34.7 Å². The van der Waals surface area contributed by atoms with Gasteiger partial charge in [-0.25, -0.2) is 4.98 Å². The standard InChI is InChI=1S/C16H20N4O3S.2ClH/c1-10-13(4-6-23-10)15(22)19-16-18-12(9-24-16)7-14(21)20-5-2-3-11(17)8-20;;/h4,6,9,11H,2-3,5,7-8,17H2,1H3,(H,18,19,22);2*1H. The van der Waals surface area contributed by atoms with Gasteiger partial charge in [-0.05, 0) is 25.8 Å². The fraction of sp³-hybridized carbons (Fsp3) is 0.438. The topological polar surface area (TPSA) is 101 Å². The molecule has 26 heavy (non-hydrogen) atoms. The number of thiazole rings is 1. The highest BCUT2D eigenvalue weighted by Gasteiger charge is 2.22. The second-order valence-electron chi connectivity index (χ2n) is 5.91. The molecule has 3 heterocycles. The molecule has 2 amide bonds. The minimum Gasteiger partial charge on any atom is -0.469 e. The zero-order valence-electron chi connectivity index (χ0n) is 14.3. The quantitative estimate of drug-likeness (QED) is 0.791. The van der Waals surface area contributed by atoms with Crippen molar-refractivity contribution in [1.82, 2.24) is 9.88 Å². The summed E-state index contributed by atoms with van der Waals surface area (Å²) in [6.07, 6.45) is 3.60. The number of rotatable bonds is 4. The second-order valence-corrected chi connectivity index (χ2v) is 6.77. The molecule has 1 unspecified atom stereocenters. The number of carbonyl (C=O) groups is 2. The lowest BCUT2D eigenvalue weighted by Crippen LogP contribution is -2.46. The molecule has 0 radical (unpaired) electrons. The van der Waals surface area contributed by atoms with Crippen LogP contribution in [-0.4, -0.2) is 40.8 Å². The van der Waals surface area contributed by atoms with E-state index in [9.17, 15) is 9.59 Å². The molecule has 2 aromatic rings. The Morgan fingerprint density at radius 1 is 1.46 bits per heavy atom. The molecule has 1 aliphatic heterocycles. The summed E-state index contributed by atoms with van der Waals surface area (Å²) >= 11 is 1.30. The summed E-state index contributed by atoms with van der Waals surface area (Å²) in [5.41, 5.74) is 7.04. The molecule has 0 aliphatic carbocycles. The fourth-order valence-electron chi connectivity index (χ4n) is 2.73.